The summed E-state index contributed by atoms with van der Waals surface area (Å²) in [4.78, 5) is 36.4. The Bertz CT molecular complexity index is 549. The molecule has 0 aliphatic carbocycles. The van der Waals surface area contributed by atoms with Gasteiger partial charge in [-0.05, 0) is 38.5 Å². The molecule has 2 amide bonds. The van der Waals surface area contributed by atoms with E-state index < -0.39 is 0 Å². The molecule has 0 aromatic carbocycles. The van der Waals surface area contributed by atoms with E-state index in [4.69, 9.17) is 0 Å². The van der Waals surface area contributed by atoms with Gasteiger partial charge in [-0.1, -0.05) is 6.92 Å². The highest BCUT2D eigenvalue weighted by Crippen LogP contribution is 2.28. The van der Waals surface area contributed by atoms with Gasteiger partial charge in [0.05, 0.1) is 6.33 Å². The standard InChI is InChI=1S/C18H28N4O2/c1-2-5-17(23)22-9-4-3-6-16(22)18(24)21-10-7-14(8-11-21)15-12-19-13-20-15/h12-14,16H,2-11H2,1H3,(H,19,20). The first-order valence-corrected chi connectivity index (χ1v) is 9.27. The van der Waals surface area contributed by atoms with E-state index >= 15 is 0 Å². The zero-order valence-electron chi connectivity index (χ0n) is 14.5. The fourth-order valence-electron chi connectivity index (χ4n) is 3.96. The third-order valence-electron chi connectivity index (χ3n) is 5.34. The van der Waals surface area contributed by atoms with Gasteiger partial charge in [-0.25, -0.2) is 4.98 Å². The molecule has 1 N–H and O–H groups in total. The number of hydrogen-bond acceptors (Lipinski definition) is 3. The summed E-state index contributed by atoms with van der Waals surface area (Å²) >= 11 is 0. The van der Waals surface area contributed by atoms with E-state index in [9.17, 15) is 9.59 Å². The lowest BCUT2D eigenvalue weighted by molar-refractivity contribution is -0.148. The van der Waals surface area contributed by atoms with Crippen molar-refractivity contribution in [3.63, 3.8) is 0 Å². The van der Waals surface area contributed by atoms with Crippen LogP contribution in [0.2, 0.25) is 0 Å². The number of amides is 2. The summed E-state index contributed by atoms with van der Waals surface area (Å²) in [7, 11) is 0. The average molecular weight is 332 g/mol. The van der Waals surface area contributed by atoms with Crippen molar-refractivity contribution in [2.45, 2.75) is 63.8 Å². The highest BCUT2D eigenvalue weighted by atomic mass is 16.2. The highest BCUT2D eigenvalue weighted by molar-refractivity contribution is 5.88. The van der Waals surface area contributed by atoms with Gasteiger partial charge in [-0.15, -0.1) is 0 Å². The molecule has 0 radical (unpaired) electrons. The van der Waals surface area contributed by atoms with Crippen LogP contribution < -0.4 is 0 Å². The van der Waals surface area contributed by atoms with Crippen LogP contribution in [-0.2, 0) is 9.59 Å². The average Bonchev–Trinajstić information content (AvgIpc) is 3.16. The van der Waals surface area contributed by atoms with Gasteiger partial charge in [0.15, 0.2) is 0 Å². The van der Waals surface area contributed by atoms with Crippen molar-refractivity contribution < 1.29 is 9.59 Å². The van der Waals surface area contributed by atoms with Gasteiger partial charge in [0.1, 0.15) is 6.04 Å². The first kappa shape index (κ1) is 17.0. The number of likely N-dealkylation sites (tertiary alicyclic amines) is 2. The van der Waals surface area contributed by atoms with Gasteiger partial charge in [-0.3, -0.25) is 9.59 Å². The molecular formula is C18H28N4O2. The van der Waals surface area contributed by atoms with Gasteiger partial charge in [0, 0.05) is 43.9 Å². The summed E-state index contributed by atoms with van der Waals surface area (Å²) in [5.74, 6) is 0.755. The zero-order valence-corrected chi connectivity index (χ0v) is 14.5. The minimum absolute atomic E-state index is 0.142. The van der Waals surface area contributed by atoms with Crippen LogP contribution in [0, 0.1) is 0 Å². The zero-order chi connectivity index (χ0) is 16.9. The molecule has 1 unspecified atom stereocenters. The van der Waals surface area contributed by atoms with Crippen LogP contribution in [0.1, 0.15) is 63.5 Å². The molecule has 0 bridgehead atoms. The number of carbonyl (C=O) groups is 2. The summed E-state index contributed by atoms with van der Waals surface area (Å²) in [6.45, 7) is 4.29. The molecule has 1 atom stereocenters. The molecule has 1 aromatic heterocycles. The van der Waals surface area contributed by atoms with Crippen LogP contribution in [-0.4, -0.2) is 57.3 Å². The third kappa shape index (κ3) is 3.62. The van der Waals surface area contributed by atoms with Gasteiger partial charge < -0.3 is 14.8 Å². The molecule has 1 aromatic rings. The van der Waals surface area contributed by atoms with Gasteiger partial charge in [0.25, 0.3) is 0 Å². The minimum Gasteiger partial charge on any atom is -0.348 e. The van der Waals surface area contributed by atoms with E-state index in [-0.39, 0.29) is 17.9 Å². The molecule has 0 saturated carbocycles. The van der Waals surface area contributed by atoms with Crippen molar-refractivity contribution in [3.05, 3.63) is 18.2 Å². The summed E-state index contributed by atoms with van der Waals surface area (Å²) in [5.41, 5.74) is 1.17. The molecular weight excluding hydrogens is 304 g/mol. The fourth-order valence-corrected chi connectivity index (χ4v) is 3.96. The van der Waals surface area contributed by atoms with Crippen LogP contribution in [0.25, 0.3) is 0 Å². The molecule has 3 rings (SSSR count). The lowest BCUT2D eigenvalue weighted by Gasteiger charge is -2.40. The maximum Gasteiger partial charge on any atom is 0.245 e. The van der Waals surface area contributed by atoms with Crippen LogP contribution >= 0.6 is 0 Å². The van der Waals surface area contributed by atoms with E-state index in [1.54, 1.807) is 6.33 Å². The van der Waals surface area contributed by atoms with E-state index in [1.165, 1.54) is 5.69 Å². The Labute approximate surface area is 143 Å². The number of rotatable bonds is 4. The van der Waals surface area contributed by atoms with Gasteiger partial charge in [-0.2, -0.15) is 0 Å². The monoisotopic (exact) mass is 332 g/mol. The SMILES string of the molecule is CCCC(=O)N1CCCCC1C(=O)N1CCC(c2cnc[nH]2)CC1. The van der Waals surface area contributed by atoms with Crippen molar-refractivity contribution in [2.24, 2.45) is 0 Å². The highest BCUT2D eigenvalue weighted by Gasteiger charge is 2.35. The summed E-state index contributed by atoms with van der Waals surface area (Å²) in [6, 6.07) is -0.235. The summed E-state index contributed by atoms with van der Waals surface area (Å²) in [5, 5.41) is 0. The Morgan fingerprint density at radius 3 is 2.67 bits per heavy atom. The number of piperidine rings is 2. The Kier molecular flexibility index (Phi) is 5.53. The maximum absolute atomic E-state index is 13.0. The van der Waals surface area contributed by atoms with Crippen LogP contribution in [0.3, 0.4) is 0 Å². The lowest BCUT2D eigenvalue weighted by atomic mass is 9.92. The molecule has 6 nitrogen and oxygen atoms in total. The first-order chi connectivity index (χ1) is 11.7. The first-order valence-electron chi connectivity index (χ1n) is 9.27. The summed E-state index contributed by atoms with van der Waals surface area (Å²) < 4.78 is 0. The topological polar surface area (TPSA) is 69.3 Å². The normalized spacial score (nSPS) is 22.6. The molecule has 2 saturated heterocycles. The Balaban J connectivity index is 1.60. The second-order valence-corrected chi connectivity index (χ2v) is 6.96. The van der Waals surface area contributed by atoms with Gasteiger partial charge >= 0.3 is 0 Å². The molecule has 6 heteroatoms. The van der Waals surface area contributed by atoms with E-state index in [2.05, 4.69) is 9.97 Å². The fraction of sp³-hybridized carbons (Fsp3) is 0.722. The van der Waals surface area contributed by atoms with E-state index in [0.29, 0.717) is 12.3 Å². The number of carbonyl (C=O) groups excluding carboxylic acids is 2. The van der Waals surface area contributed by atoms with E-state index in [0.717, 1.165) is 58.2 Å². The molecule has 24 heavy (non-hydrogen) atoms. The van der Waals surface area contributed by atoms with Crippen LogP contribution in [0.4, 0.5) is 0 Å². The molecule has 2 aliphatic heterocycles. The van der Waals surface area contributed by atoms with Crippen molar-refractivity contribution in [1.82, 2.24) is 19.8 Å². The Morgan fingerprint density at radius 1 is 1.21 bits per heavy atom. The Hall–Kier alpha value is -1.85. The van der Waals surface area contributed by atoms with Crippen LogP contribution in [0.15, 0.2) is 12.5 Å². The number of nitrogens with one attached hydrogen (secondary N) is 1. The van der Waals surface area contributed by atoms with Crippen molar-refractivity contribution in [1.29, 1.82) is 0 Å². The smallest absolute Gasteiger partial charge is 0.245 e. The number of aromatic amines is 1. The van der Waals surface area contributed by atoms with Gasteiger partial charge in [0.2, 0.25) is 11.8 Å². The maximum atomic E-state index is 13.0. The number of hydrogen-bond donors (Lipinski definition) is 1. The van der Waals surface area contributed by atoms with Crippen molar-refractivity contribution >= 4 is 11.8 Å². The third-order valence-corrected chi connectivity index (χ3v) is 5.34. The van der Waals surface area contributed by atoms with E-state index in [1.807, 2.05) is 22.9 Å². The Morgan fingerprint density at radius 2 is 2.00 bits per heavy atom. The quantitative estimate of drug-likeness (QED) is 0.920. The lowest BCUT2D eigenvalue weighted by Crippen LogP contribution is -2.54. The predicted molar refractivity (Wildman–Crippen MR) is 91.4 cm³/mol. The van der Waals surface area contributed by atoms with Crippen molar-refractivity contribution in [2.75, 3.05) is 19.6 Å². The van der Waals surface area contributed by atoms with Crippen molar-refractivity contribution in [3.8, 4) is 0 Å². The molecule has 132 valence electrons. The molecule has 2 fully saturated rings. The number of nitrogens with zero attached hydrogens (tertiary/aromatic N) is 3. The predicted octanol–water partition coefficient (Wildman–Crippen LogP) is 2.30. The molecule has 0 spiro atoms. The second kappa shape index (κ2) is 7.81. The minimum atomic E-state index is -0.235. The summed E-state index contributed by atoms with van der Waals surface area (Å²) in [6.07, 6.45) is 9.78. The number of aromatic nitrogens is 2. The van der Waals surface area contributed by atoms with Crippen LogP contribution in [0.5, 0.6) is 0 Å². The number of imidazole rings is 1. The molecule has 3 heterocycles. The second-order valence-electron chi connectivity index (χ2n) is 6.96. The largest absolute Gasteiger partial charge is 0.348 e. The number of H-pyrrole nitrogens is 1. The molecule has 2 aliphatic rings.